The van der Waals surface area contributed by atoms with E-state index < -0.39 is 5.97 Å². The van der Waals surface area contributed by atoms with Crippen LogP contribution < -0.4 is 5.73 Å². The van der Waals surface area contributed by atoms with E-state index in [1.54, 1.807) is 24.3 Å². The molecule has 2 aromatic rings. The molecule has 96 valence electrons. The van der Waals surface area contributed by atoms with E-state index in [2.05, 4.69) is 4.99 Å². The van der Waals surface area contributed by atoms with Crippen LogP contribution in [0, 0.1) is 0 Å². The summed E-state index contributed by atoms with van der Waals surface area (Å²) in [6.45, 7) is 0.431. The number of carboxylic acid groups (broad SMARTS) is 1. The topological polar surface area (TPSA) is 75.7 Å². The zero-order valence-corrected chi connectivity index (χ0v) is 10.3. The zero-order valence-electron chi connectivity index (χ0n) is 10.3. The van der Waals surface area contributed by atoms with Crippen molar-refractivity contribution >= 4 is 11.8 Å². The van der Waals surface area contributed by atoms with Crippen LogP contribution in [0.5, 0.6) is 0 Å². The minimum absolute atomic E-state index is 0.267. The van der Waals surface area contributed by atoms with Gasteiger partial charge in [0.2, 0.25) is 0 Å². The standard InChI is InChI=1S/C15H14N2O2/c16-14(12-4-2-1-3-5-12)17-10-11-6-8-13(9-7-11)15(18)19/h1-9H,10H2,(H2,16,17)(H,18,19). The second kappa shape index (κ2) is 5.82. The second-order valence-corrected chi connectivity index (χ2v) is 4.07. The number of amidine groups is 1. The Morgan fingerprint density at radius 2 is 1.63 bits per heavy atom. The number of nitrogens with zero attached hydrogens (tertiary/aromatic N) is 1. The van der Waals surface area contributed by atoms with Gasteiger partial charge in [0.05, 0.1) is 12.1 Å². The van der Waals surface area contributed by atoms with Gasteiger partial charge in [0, 0.05) is 5.56 Å². The van der Waals surface area contributed by atoms with Crippen molar-refractivity contribution in [1.82, 2.24) is 0 Å². The summed E-state index contributed by atoms with van der Waals surface area (Å²) >= 11 is 0. The Labute approximate surface area is 111 Å². The predicted molar refractivity (Wildman–Crippen MR) is 74.3 cm³/mol. The van der Waals surface area contributed by atoms with Gasteiger partial charge in [-0.25, -0.2) is 4.79 Å². The maximum Gasteiger partial charge on any atom is 0.335 e. The molecular weight excluding hydrogens is 240 g/mol. The Balaban J connectivity index is 2.08. The van der Waals surface area contributed by atoms with E-state index in [9.17, 15) is 4.79 Å². The Morgan fingerprint density at radius 3 is 2.21 bits per heavy atom. The molecule has 0 fully saturated rings. The first kappa shape index (κ1) is 12.8. The van der Waals surface area contributed by atoms with Crippen molar-refractivity contribution in [3.05, 3.63) is 71.3 Å². The van der Waals surface area contributed by atoms with Crippen LogP contribution in [0.2, 0.25) is 0 Å². The molecule has 0 amide bonds. The highest BCUT2D eigenvalue weighted by molar-refractivity contribution is 5.97. The predicted octanol–water partition coefficient (Wildman–Crippen LogP) is 2.29. The molecule has 0 heterocycles. The highest BCUT2D eigenvalue weighted by Gasteiger charge is 2.01. The van der Waals surface area contributed by atoms with E-state index in [-0.39, 0.29) is 5.56 Å². The molecule has 4 heteroatoms. The summed E-state index contributed by atoms with van der Waals surface area (Å²) in [5.41, 5.74) is 7.94. The summed E-state index contributed by atoms with van der Waals surface area (Å²) < 4.78 is 0. The molecule has 0 unspecified atom stereocenters. The van der Waals surface area contributed by atoms with Gasteiger partial charge in [-0.3, -0.25) is 4.99 Å². The van der Waals surface area contributed by atoms with E-state index in [0.29, 0.717) is 12.4 Å². The molecule has 0 aromatic heterocycles. The number of aliphatic imine (C=N–C) groups is 1. The van der Waals surface area contributed by atoms with Gasteiger partial charge in [0.1, 0.15) is 5.84 Å². The summed E-state index contributed by atoms with van der Waals surface area (Å²) in [6, 6.07) is 16.1. The smallest absolute Gasteiger partial charge is 0.335 e. The molecule has 4 nitrogen and oxygen atoms in total. The molecule has 0 atom stereocenters. The quantitative estimate of drug-likeness (QED) is 0.649. The van der Waals surface area contributed by atoms with Gasteiger partial charge in [-0.1, -0.05) is 42.5 Å². The Morgan fingerprint density at radius 1 is 1.00 bits per heavy atom. The fourth-order valence-corrected chi connectivity index (χ4v) is 1.63. The van der Waals surface area contributed by atoms with E-state index in [4.69, 9.17) is 10.8 Å². The van der Waals surface area contributed by atoms with Crippen molar-refractivity contribution < 1.29 is 9.90 Å². The molecular formula is C15H14N2O2. The van der Waals surface area contributed by atoms with Crippen molar-refractivity contribution in [3.8, 4) is 0 Å². The summed E-state index contributed by atoms with van der Waals surface area (Å²) in [6.07, 6.45) is 0. The van der Waals surface area contributed by atoms with Gasteiger partial charge >= 0.3 is 5.97 Å². The maximum absolute atomic E-state index is 10.7. The normalized spacial score (nSPS) is 11.3. The number of carboxylic acids is 1. The third kappa shape index (κ3) is 3.42. The molecule has 0 aliphatic heterocycles. The molecule has 0 radical (unpaired) electrons. The highest BCUT2D eigenvalue weighted by atomic mass is 16.4. The van der Waals surface area contributed by atoms with Gasteiger partial charge in [0.25, 0.3) is 0 Å². The number of hydrogen-bond acceptors (Lipinski definition) is 2. The van der Waals surface area contributed by atoms with E-state index >= 15 is 0 Å². The highest BCUT2D eigenvalue weighted by Crippen LogP contribution is 2.06. The van der Waals surface area contributed by atoms with Crippen LogP contribution in [0.1, 0.15) is 21.5 Å². The minimum atomic E-state index is -0.932. The first-order valence-corrected chi connectivity index (χ1v) is 5.84. The number of rotatable bonds is 4. The van der Waals surface area contributed by atoms with Crippen LogP contribution in [0.25, 0.3) is 0 Å². The van der Waals surface area contributed by atoms with Crippen molar-refractivity contribution in [2.24, 2.45) is 10.7 Å². The Kier molecular flexibility index (Phi) is 3.93. The third-order valence-corrected chi connectivity index (χ3v) is 2.70. The molecule has 0 saturated heterocycles. The minimum Gasteiger partial charge on any atom is -0.478 e. The lowest BCUT2D eigenvalue weighted by Gasteiger charge is -2.02. The SMILES string of the molecule is NC(=NCc1ccc(C(=O)O)cc1)c1ccccc1. The van der Waals surface area contributed by atoms with Gasteiger partial charge in [-0.15, -0.1) is 0 Å². The summed E-state index contributed by atoms with van der Waals surface area (Å²) in [7, 11) is 0. The van der Waals surface area contributed by atoms with Crippen molar-refractivity contribution in [2.75, 3.05) is 0 Å². The van der Waals surface area contributed by atoms with Crippen molar-refractivity contribution in [2.45, 2.75) is 6.54 Å². The van der Waals surface area contributed by atoms with Crippen LogP contribution in [0.15, 0.2) is 59.6 Å². The van der Waals surface area contributed by atoms with Gasteiger partial charge in [0.15, 0.2) is 0 Å². The van der Waals surface area contributed by atoms with E-state index in [1.807, 2.05) is 30.3 Å². The van der Waals surface area contributed by atoms with Crippen LogP contribution in [-0.4, -0.2) is 16.9 Å². The molecule has 0 aliphatic rings. The third-order valence-electron chi connectivity index (χ3n) is 2.70. The fraction of sp³-hybridized carbons (Fsp3) is 0.0667. The lowest BCUT2D eigenvalue weighted by atomic mass is 10.1. The summed E-state index contributed by atoms with van der Waals surface area (Å²) in [5, 5.41) is 8.79. The molecule has 0 aliphatic carbocycles. The van der Waals surface area contributed by atoms with Gasteiger partial charge in [-0.2, -0.15) is 0 Å². The first-order valence-electron chi connectivity index (χ1n) is 5.84. The number of nitrogens with two attached hydrogens (primary N) is 1. The van der Waals surface area contributed by atoms with Gasteiger partial charge < -0.3 is 10.8 Å². The number of benzene rings is 2. The van der Waals surface area contributed by atoms with Crippen molar-refractivity contribution in [1.29, 1.82) is 0 Å². The van der Waals surface area contributed by atoms with Gasteiger partial charge in [-0.05, 0) is 17.7 Å². The average molecular weight is 254 g/mol. The van der Waals surface area contributed by atoms with E-state index in [0.717, 1.165) is 11.1 Å². The molecule has 0 bridgehead atoms. The molecule has 2 aromatic carbocycles. The molecule has 3 N–H and O–H groups in total. The summed E-state index contributed by atoms with van der Waals surface area (Å²) in [4.78, 5) is 15.0. The number of carbonyl (C=O) groups is 1. The number of hydrogen-bond donors (Lipinski definition) is 2. The van der Waals surface area contributed by atoms with Crippen LogP contribution in [-0.2, 0) is 6.54 Å². The monoisotopic (exact) mass is 254 g/mol. The Hall–Kier alpha value is -2.62. The van der Waals surface area contributed by atoms with Crippen LogP contribution in [0.4, 0.5) is 0 Å². The first-order chi connectivity index (χ1) is 9.16. The number of aromatic carboxylic acids is 1. The lowest BCUT2D eigenvalue weighted by molar-refractivity contribution is 0.0697. The van der Waals surface area contributed by atoms with E-state index in [1.165, 1.54) is 0 Å². The molecule has 19 heavy (non-hydrogen) atoms. The average Bonchev–Trinajstić information content (AvgIpc) is 2.46. The van der Waals surface area contributed by atoms with Crippen LogP contribution >= 0.6 is 0 Å². The summed E-state index contributed by atoms with van der Waals surface area (Å²) in [5.74, 6) is -0.457. The fourth-order valence-electron chi connectivity index (χ4n) is 1.63. The Bertz CT molecular complexity index is 589. The van der Waals surface area contributed by atoms with Crippen molar-refractivity contribution in [3.63, 3.8) is 0 Å². The molecule has 0 spiro atoms. The zero-order chi connectivity index (χ0) is 13.7. The molecule has 2 rings (SSSR count). The largest absolute Gasteiger partial charge is 0.478 e. The lowest BCUT2D eigenvalue weighted by Crippen LogP contribution is -2.13. The second-order valence-electron chi connectivity index (χ2n) is 4.07. The van der Waals surface area contributed by atoms with Crippen LogP contribution in [0.3, 0.4) is 0 Å². The maximum atomic E-state index is 10.7. The molecule has 0 saturated carbocycles.